The highest BCUT2D eigenvalue weighted by atomic mass is 32.1. The summed E-state index contributed by atoms with van der Waals surface area (Å²) in [5.41, 5.74) is 0.981. The van der Waals surface area contributed by atoms with Crippen LogP contribution in [-0.4, -0.2) is 17.4 Å². The molecule has 0 radical (unpaired) electrons. The molecule has 0 spiro atoms. The zero-order chi connectivity index (χ0) is 11.0. The standard InChI is InChI=1S/C11H10N2OS2/c14-10-4-1-5-13(10)11-12-8(7-16-11)9-3-2-6-15-9/h2-3,6-7H,1,4-5H2. The predicted octanol–water partition coefficient (Wildman–Crippen LogP) is 3.00. The molecule has 16 heavy (non-hydrogen) atoms. The van der Waals surface area contributed by atoms with Gasteiger partial charge in [0.15, 0.2) is 5.13 Å². The lowest BCUT2D eigenvalue weighted by Gasteiger charge is -2.10. The summed E-state index contributed by atoms with van der Waals surface area (Å²) < 4.78 is 0. The van der Waals surface area contributed by atoms with E-state index >= 15 is 0 Å². The summed E-state index contributed by atoms with van der Waals surface area (Å²) in [7, 11) is 0. The molecule has 0 unspecified atom stereocenters. The molecule has 1 amide bonds. The molecule has 1 fully saturated rings. The summed E-state index contributed by atoms with van der Waals surface area (Å²) in [4.78, 5) is 19.0. The minimum absolute atomic E-state index is 0.201. The Bertz CT molecular complexity index is 504. The number of thiophene rings is 1. The van der Waals surface area contributed by atoms with E-state index in [9.17, 15) is 4.79 Å². The van der Waals surface area contributed by atoms with Crippen molar-refractivity contribution in [3.63, 3.8) is 0 Å². The largest absolute Gasteiger partial charge is 0.288 e. The molecule has 2 aromatic rings. The van der Waals surface area contributed by atoms with Crippen LogP contribution >= 0.6 is 22.7 Å². The normalized spacial score (nSPS) is 16.0. The second-order valence-corrected chi connectivity index (χ2v) is 5.43. The smallest absolute Gasteiger partial charge is 0.228 e. The number of rotatable bonds is 2. The number of thiazole rings is 1. The molecule has 0 saturated carbocycles. The number of nitrogens with zero attached hydrogens (tertiary/aromatic N) is 2. The number of carbonyl (C=O) groups excluding carboxylic acids is 1. The van der Waals surface area contributed by atoms with Gasteiger partial charge in [0.1, 0.15) is 0 Å². The van der Waals surface area contributed by atoms with Gasteiger partial charge >= 0.3 is 0 Å². The predicted molar refractivity (Wildman–Crippen MR) is 67.0 cm³/mol. The van der Waals surface area contributed by atoms with Crippen LogP contribution in [0, 0.1) is 0 Å². The second-order valence-electron chi connectivity index (χ2n) is 3.64. The molecule has 0 bridgehead atoms. The van der Waals surface area contributed by atoms with E-state index in [-0.39, 0.29) is 5.91 Å². The molecular formula is C11H10N2OS2. The van der Waals surface area contributed by atoms with Crippen LogP contribution < -0.4 is 4.90 Å². The maximum absolute atomic E-state index is 11.6. The molecule has 3 heterocycles. The highest BCUT2D eigenvalue weighted by Crippen LogP contribution is 2.31. The summed E-state index contributed by atoms with van der Waals surface area (Å²) >= 11 is 3.22. The van der Waals surface area contributed by atoms with Gasteiger partial charge in [0.25, 0.3) is 0 Å². The summed E-state index contributed by atoms with van der Waals surface area (Å²) in [6.45, 7) is 0.816. The van der Waals surface area contributed by atoms with Crippen molar-refractivity contribution in [2.45, 2.75) is 12.8 Å². The third kappa shape index (κ3) is 1.66. The molecule has 1 aliphatic rings. The van der Waals surface area contributed by atoms with Crippen LogP contribution in [0.2, 0.25) is 0 Å². The van der Waals surface area contributed by atoms with Crippen LogP contribution in [0.15, 0.2) is 22.9 Å². The van der Waals surface area contributed by atoms with Crippen LogP contribution in [0.4, 0.5) is 5.13 Å². The lowest BCUT2D eigenvalue weighted by Crippen LogP contribution is -2.23. The van der Waals surface area contributed by atoms with Gasteiger partial charge in [-0.15, -0.1) is 22.7 Å². The van der Waals surface area contributed by atoms with Crippen molar-refractivity contribution in [1.82, 2.24) is 4.98 Å². The Morgan fingerprint density at radius 3 is 3.00 bits per heavy atom. The van der Waals surface area contributed by atoms with Crippen molar-refractivity contribution in [3.05, 3.63) is 22.9 Å². The molecule has 1 aliphatic heterocycles. The zero-order valence-electron chi connectivity index (χ0n) is 8.55. The van der Waals surface area contributed by atoms with Crippen molar-refractivity contribution in [2.75, 3.05) is 11.4 Å². The number of hydrogen-bond acceptors (Lipinski definition) is 4. The summed E-state index contributed by atoms with van der Waals surface area (Å²) in [5.74, 6) is 0.201. The van der Waals surface area contributed by atoms with Gasteiger partial charge in [-0.25, -0.2) is 4.98 Å². The molecule has 1 saturated heterocycles. The number of carbonyl (C=O) groups is 1. The fourth-order valence-corrected chi connectivity index (χ4v) is 3.40. The molecule has 2 aromatic heterocycles. The third-order valence-electron chi connectivity index (χ3n) is 2.57. The quantitative estimate of drug-likeness (QED) is 0.821. The minimum Gasteiger partial charge on any atom is -0.288 e. The van der Waals surface area contributed by atoms with Crippen LogP contribution in [0.5, 0.6) is 0 Å². The van der Waals surface area contributed by atoms with E-state index in [0.717, 1.165) is 28.7 Å². The fourth-order valence-electron chi connectivity index (χ4n) is 1.78. The van der Waals surface area contributed by atoms with Crippen molar-refractivity contribution in [2.24, 2.45) is 0 Å². The SMILES string of the molecule is O=C1CCCN1c1nc(-c2cccs2)cs1. The fraction of sp³-hybridized carbons (Fsp3) is 0.273. The van der Waals surface area contributed by atoms with Crippen LogP contribution in [0.3, 0.4) is 0 Å². The Morgan fingerprint density at radius 2 is 2.31 bits per heavy atom. The van der Waals surface area contributed by atoms with E-state index in [4.69, 9.17) is 0 Å². The highest BCUT2D eigenvalue weighted by molar-refractivity contribution is 7.16. The van der Waals surface area contributed by atoms with Gasteiger partial charge in [0.05, 0.1) is 10.6 Å². The van der Waals surface area contributed by atoms with Crippen LogP contribution in [0.25, 0.3) is 10.6 Å². The number of amides is 1. The molecule has 5 heteroatoms. The molecular weight excluding hydrogens is 240 g/mol. The first kappa shape index (κ1) is 9.99. The van der Waals surface area contributed by atoms with Gasteiger partial charge in [-0.05, 0) is 17.9 Å². The van der Waals surface area contributed by atoms with E-state index in [1.54, 1.807) is 27.6 Å². The molecule has 82 valence electrons. The topological polar surface area (TPSA) is 33.2 Å². The first-order chi connectivity index (χ1) is 7.84. The lowest BCUT2D eigenvalue weighted by atomic mass is 10.4. The van der Waals surface area contributed by atoms with E-state index in [0.29, 0.717) is 6.42 Å². The lowest BCUT2D eigenvalue weighted by molar-refractivity contribution is -0.117. The first-order valence-electron chi connectivity index (χ1n) is 5.14. The Kier molecular flexibility index (Phi) is 2.49. The van der Waals surface area contributed by atoms with Gasteiger partial charge in [-0.1, -0.05) is 6.07 Å². The summed E-state index contributed by atoms with van der Waals surface area (Å²) in [6.07, 6.45) is 1.61. The summed E-state index contributed by atoms with van der Waals surface area (Å²) in [6, 6.07) is 4.06. The third-order valence-corrected chi connectivity index (χ3v) is 4.33. The van der Waals surface area contributed by atoms with Gasteiger partial charge in [0, 0.05) is 18.3 Å². The van der Waals surface area contributed by atoms with Crippen molar-refractivity contribution >= 4 is 33.7 Å². The van der Waals surface area contributed by atoms with Crippen LogP contribution in [-0.2, 0) is 4.79 Å². The van der Waals surface area contributed by atoms with E-state index in [1.807, 2.05) is 16.8 Å². The maximum atomic E-state index is 11.6. The second kappa shape index (κ2) is 3.99. The van der Waals surface area contributed by atoms with Gasteiger partial charge in [-0.2, -0.15) is 0 Å². The van der Waals surface area contributed by atoms with Gasteiger partial charge in [0.2, 0.25) is 5.91 Å². The Balaban J connectivity index is 1.91. The Morgan fingerprint density at radius 1 is 1.38 bits per heavy atom. The number of anilines is 1. The first-order valence-corrected chi connectivity index (χ1v) is 6.90. The molecule has 0 atom stereocenters. The highest BCUT2D eigenvalue weighted by Gasteiger charge is 2.24. The Labute approximate surface area is 101 Å². The molecule has 0 N–H and O–H groups in total. The van der Waals surface area contributed by atoms with Gasteiger partial charge < -0.3 is 0 Å². The van der Waals surface area contributed by atoms with Crippen LogP contribution in [0.1, 0.15) is 12.8 Å². The average Bonchev–Trinajstić information content (AvgIpc) is 2.96. The van der Waals surface area contributed by atoms with E-state index in [2.05, 4.69) is 11.1 Å². The maximum Gasteiger partial charge on any atom is 0.228 e. The molecule has 0 aliphatic carbocycles. The van der Waals surface area contributed by atoms with E-state index < -0.39 is 0 Å². The summed E-state index contributed by atoms with van der Waals surface area (Å²) in [5, 5.41) is 4.90. The van der Waals surface area contributed by atoms with Gasteiger partial charge in [-0.3, -0.25) is 9.69 Å². The average molecular weight is 250 g/mol. The monoisotopic (exact) mass is 250 g/mol. The molecule has 0 aromatic carbocycles. The van der Waals surface area contributed by atoms with Crippen molar-refractivity contribution in [1.29, 1.82) is 0 Å². The molecule has 3 rings (SSSR count). The van der Waals surface area contributed by atoms with E-state index in [1.165, 1.54) is 0 Å². The number of aromatic nitrogens is 1. The minimum atomic E-state index is 0.201. The zero-order valence-corrected chi connectivity index (χ0v) is 10.2. The Hall–Kier alpha value is -1.20. The van der Waals surface area contributed by atoms with Crippen molar-refractivity contribution in [3.8, 4) is 10.6 Å². The molecule has 3 nitrogen and oxygen atoms in total. The number of hydrogen-bond donors (Lipinski definition) is 0. The van der Waals surface area contributed by atoms with Crippen molar-refractivity contribution < 1.29 is 4.79 Å².